The van der Waals surface area contributed by atoms with Crippen LogP contribution in [0.1, 0.15) is 30.1 Å². The number of hydrogen-bond acceptors (Lipinski definition) is 3. The summed E-state index contributed by atoms with van der Waals surface area (Å²) in [5.74, 6) is 0.817. The molecule has 0 bridgehead atoms. The summed E-state index contributed by atoms with van der Waals surface area (Å²) in [5, 5.41) is 0. The number of nitrogens with zero attached hydrogens (tertiary/aromatic N) is 2. The van der Waals surface area contributed by atoms with Crippen molar-refractivity contribution < 1.29 is 17.9 Å². The van der Waals surface area contributed by atoms with Gasteiger partial charge in [0.15, 0.2) is 0 Å². The molecule has 1 aliphatic heterocycles. The van der Waals surface area contributed by atoms with Gasteiger partial charge in [0, 0.05) is 19.1 Å². The molecule has 1 aromatic carbocycles. The van der Waals surface area contributed by atoms with Gasteiger partial charge in [-0.25, -0.2) is 4.98 Å². The maximum Gasteiger partial charge on any atom is 0.416 e. The van der Waals surface area contributed by atoms with E-state index in [1.165, 1.54) is 12.3 Å². The zero-order valence-electron chi connectivity index (χ0n) is 12.6. The quantitative estimate of drug-likeness (QED) is 0.742. The van der Waals surface area contributed by atoms with E-state index in [2.05, 4.69) is 9.97 Å². The van der Waals surface area contributed by atoms with E-state index in [9.17, 15) is 18.0 Å². The van der Waals surface area contributed by atoms with Gasteiger partial charge in [-0.05, 0) is 31.0 Å². The largest absolute Gasteiger partial charge is 0.416 e. The van der Waals surface area contributed by atoms with Crippen molar-refractivity contribution in [3.8, 4) is 0 Å². The Balaban J connectivity index is 1.98. The van der Waals surface area contributed by atoms with E-state index in [4.69, 9.17) is 4.74 Å². The Labute approximate surface area is 134 Å². The molecule has 126 valence electrons. The van der Waals surface area contributed by atoms with Gasteiger partial charge >= 0.3 is 6.18 Å². The Morgan fingerprint density at radius 2 is 1.96 bits per heavy atom. The van der Waals surface area contributed by atoms with Crippen molar-refractivity contribution in [2.75, 3.05) is 13.2 Å². The Morgan fingerprint density at radius 1 is 1.21 bits per heavy atom. The van der Waals surface area contributed by atoms with Crippen LogP contribution < -0.4 is 5.56 Å². The van der Waals surface area contributed by atoms with E-state index in [1.807, 2.05) is 0 Å². The van der Waals surface area contributed by atoms with Crippen LogP contribution in [0.4, 0.5) is 13.2 Å². The Morgan fingerprint density at radius 3 is 2.67 bits per heavy atom. The van der Waals surface area contributed by atoms with Gasteiger partial charge < -0.3 is 9.72 Å². The molecule has 0 unspecified atom stereocenters. The number of benzene rings is 1. The van der Waals surface area contributed by atoms with Gasteiger partial charge in [0.05, 0.1) is 22.8 Å². The van der Waals surface area contributed by atoms with Crippen LogP contribution >= 0.6 is 0 Å². The van der Waals surface area contributed by atoms with Gasteiger partial charge in [-0.15, -0.1) is 0 Å². The summed E-state index contributed by atoms with van der Waals surface area (Å²) < 4.78 is 45.8. The molecule has 5 nitrogen and oxygen atoms in total. The minimum Gasteiger partial charge on any atom is -0.381 e. The Hall–Kier alpha value is -2.35. The first-order valence-corrected chi connectivity index (χ1v) is 7.63. The van der Waals surface area contributed by atoms with E-state index in [1.54, 1.807) is 4.40 Å². The lowest BCUT2D eigenvalue weighted by Gasteiger charge is -2.21. The van der Waals surface area contributed by atoms with Crippen molar-refractivity contribution in [3.63, 3.8) is 0 Å². The number of hydrogen-bond donors (Lipinski definition) is 1. The number of aromatic nitrogens is 3. The normalized spacial score (nSPS) is 17.0. The van der Waals surface area contributed by atoms with Crippen LogP contribution in [0.3, 0.4) is 0 Å². The molecule has 0 spiro atoms. The molecule has 2 aromatic heterocycles. The molecular weight excluding hydrogens is 323 g/mol. The van der Waals surface area contributed by atoms with Crippen LogP contribution in [0.5, 0.6) is 0 Å². The second-order valence-electron chi connectivity index (χ2n) is 5.91. The lowest BCUT2D eigenvalue weighted by Crippen LogP contribution is -2.18. The van der Waals surface area contributed by atoms with Gasteiger partial charge in [0.1, 0.15) is 11.3 Å². The first-order chi connectivity index (χ1) is 11.4. The molecule has 0 aliphatic carbocycles. The Kier molecular flexibility index (Phi) is 3.38. The number of H-pyrrole nitrogens is 1. The summed E-state index contributed by atoms with van der Waals surface area (Å²) in [6.45, 7) is 1.22. The monoisotopic (exact) mass is 337 g/mol. The van der Waals surface area contributed by atoms with E-state index in [-0.39, 0.29) is 11.4 Å². The van der Waals surface area contributed by atoms with Gasteiger partial charge in [-0.1, -0.05) is 0 Å². The maximum absolute atomic E-state index is 12.9. The third kappa shape index (κ3) is 2.37. The first-order valence-electron chi connectivity index (χ1n) is 7.63. The molecule has 1 N–H and O–H groups in total. The highest BCUT2D eigenvalue weighted by Crippen LogP contribution is 2.32. The van der Waals surface area contributed by atoms with Gasteiger partial charge in [0.2, 0.25) is 0 Å². The summed E-state index contributed by atoms with van der Waals surface area (Å²) >= 11 is 0. The lowest BCUT2D eigenvalue weighted by atomic mass is 9.99. The summed E-state index contributed by atoms with van der Waals surface area (Å²) in [6.07, 6.45) is -1.44. The zero-order valence-corrected chi connectivity index (χ0v) is 12.6. The lowest BCUT2D eigenvalue weighted by molar-refractivity contribution is -0.137. The number of nitrogens with one attached hydrogen (secondary N) is 1. The average molecular weight is 337 g/mol. The molecule has 3 heterocycles. The fourth-order valence-electron chi connectivity index (χ4n) is 3.22. The summed E-state index contributed by atoms with van der Waals surface area (Å²) in [7, 11) is 0. The maximum atomic E-state index is 12.9. The molecule has 0 amide bonds. The highest BCUT2D eigenvalue weighted by atomic mass is 19.4. The highest BCUT2D eigenvalue weighted by Gasteiger charge is 2.31. The molecule has 0 saturated carbocycles. The van der Waals surface area contributed by atoms with Crippen molar-refractivity contribution in [1.82, 2.24) is 14.4 Å². The van der Waals surface area contributed by atoms with Crippen LogP contribution in [0.25, 0.3) is 16.6 Å². The van der Waals surface area contributed by atoms with E-state index in [0.29, 0.717) is 30.1 Å². The summed E-state index contributed by atoms with van der Waals surface area (Å²) in [5.41, 5.74) is -0.251. The van der Waals surface area contributed by atoms with Crippen LogP contribution in [0.15, 0.2) is 29.2 Å². The predicted molar refractivity (Wildman–Crippen MR) is 81.1 cm³/mol. The topological polar surface area (TPSA) is 59.4 Å². The molecule has 4 rings (SSSR count). The van der Waals surface area contributed by atoms with E-state index in [0.717, 1.165) is 25.0 Å². The van der Waals surface area contributed by atoms with Gasteiger partial charge in [-0.3, -0.25) is 9.20 Å². The minimum atomic E-state index is -4.46. The molecule has 1 fully saturated rings. The molecule has 1 aliphatic rings. The molecule has 3 aromatic rings. The fourth-order valence-corrected chi connectivity index (χ4v) is 3.22. The van der Waals surface area contributed by atoms with Crippen LogP contribution in [-0.2, 0) is 10.9 Å². The number of alkyl halides is 3. The first kappa shape index (κ1) is 15.2. The standard InChI is InChI=1S/C16H14F3N3O2/c17-16(18,19)10-1-2-12-11(7-10)21-15(23)13-8-20-14(22(12)13)9-3-5-24-6-4-9/h1-2,7-9H,3-6H2,(H,21,23). The molecule has 8 heteroatoms. The van der Waals surface area contributed by atoms with Crippen LogP contribution in [0.2, 0.25) is 0 Å². The zero-order chi connectivity index (χ0) is 16.9. The average Bonchev–Trinajstić information content (AvgIpc) is 3.00. The van der Waals surface area contributed by atoms with Crippen molar-refractivity contribution in [2.24, 2.45) is 0 Å². The summed E-state index contributed by atoms with van der Waals surface area (Å²) in [6, 6.07) is 3.36. The Bertz CT molecular complexity index is 968. The molecule has 0 atom stereocenters. The molecule has 1 saturated heterocycles. The highest BCUT2D eigenvalue weighted by molar-refractivity contribution is 5.79. The van der Waals surface area contributed by atoms with Crippen molar-refractivity contribution in [1.29, 1.82) is 0 Å². The van der Waals surface area contributed by atoms with E-state index >= 15 is 0 Å². The van der Waals surface area contributed by atoms with Crippen molar-refractivity contribution in [2.45, 2.75) is 24.9 Å². The van der Waals surface area contributed by atoms with Crippen molar-refractivity contribution >= 4 is 16.6 Å². The number of imidazole rings is 1. The molecule has 0 radical (unpaired) electrons. The number of rotatable bonds is 1. The number of halogens is 3. The molecular formula is C16H14F3N3O2. The van der Waals surface area contributed by atoms with Gasteiger partial charge in [0.25, 0.3) is 5.56 Å². The fraction of sp³-hybridized carbons (Fsp3) is 0.375. The second-order valence-corrected chi connectivity index (χ2v) is 5.91. The van der Waals surface area contributed by atoms with Crippen molar-refractivity contribution in [3.05, 3.63) is 46.1 Å². The SMILES string of the molecule is O=c1[nH]c2cc(C(F)(F)F)ccc2n2c(C3CCOCC3)ncc12. The molecule has 24 heavy (non-hydrogen) atoms. The number of ether oxygens (including phenoxy) is 1. The number of fused-ring (bicyclic) bond motifs is 3. The predicted octanol–water partition coefficient (Wildman–Crippen LogP) is 3.09. The van der Waals surface area contributed by atoms with Crippen LogP contribution in [-0.4, -0.2) is 27.6 Å². The minimum absolute atomic E-state index is 0.119. The van der Waals surface area contributed by atoms with Gasteiger partial charge in [-0.2, -0.15) is 13.2 Å². The second kappa shape index (κ2) is 5.34. The third-order valence-corrected chi connectivity index (χ3v) is 4.42. The smallest absolute Gasteiger partial charge is 0.381 e. The van der Waals surface area contributed by atoms with Crippen LogP contribution in [0, 0.1) is 0 Å². The summed E-state index contributed by atoms with van der Waals surface area (Å²) in [4.78, 5) is 19.1. The number of aromatic amines is 1. The van der Waals surface area contributed by atoms with E-state index < -0.39 is 17.3 Å². The third-order valence-electron chi connectivity index (χ3n) is 4.42.